The molecule has 0 fully saturated rings. The van der Waals surface area contributed by atoms with Crippen LogP contribution in [0.4, 0.5) is 5.69 Å². The van der Waals surface area contributed by atoms with Gasteiger partial charge in [-0.1, -0.05) is 23.7 Å². The lowest BCUT2D eigenvalue weighted by atomic mass is 10.1. The highest BCUT2D eigenvalue weighted by Crippen LogP contribution is 2.17. The van der Waals surface area contributed by atoms with Gasteiger partial charge in [0, 0.05) is 11.9 Å². The van der Waals surface area contributed by atoms with Crippen molar-refractivity contribution in [2.24, 2.45) is 0 Å². The van der Waals surface area contributed by atoms with E-state index in [1.54, 1.807) is 24.3 Å². The largest absolute Gasteiger partial charge is 0.326 e. The third-order valence-corrected chi connectivity index (χ3v) is 4.27. The zero-order valence-electron chi connectivity index (χ0n) is 10.6. The van der Waals surface area contributed by atoms with Crippen LogP contribution in [0.3, 0.4) is 0 Å². The highest BCUT2D eigenvalue weighted by molar-refractivity contribution is 7.92. The third kappa shape index (κ3) is 3.62. The van der Waals surface area contributed by atoms with Crippen molar-refractivity contribution in [3.63, 3.8) is 0 Å². The summed E-state index contributed by atoms with van der Waals surface area (Å²) < 4.78 is 26.6. The molecule has 0 bridgehead atoms. The summed E-state index contributed by atoms with van der Waals surface area (Å²) in [6, 6.07) is 9.49. The summed E-state index contributed by atoms with van der Waals surface area (Å²) in [4.78, 5) is 13.2. The minimum absolute atomic E-state index is 0.145. The number of halogens is 1. The fourth-order valence-electron chi connectivity index (χ4n) is 1.59. The van der Waals surface area contributed by atoms with Gasteiger partial charge in [-0.2, -0.15) is 5.26 Å². The predicted octanol–water partition coefficient (Wildman–Crippen LogP) is 1.90. The lowest BCUT2D eigenvalue weighted by Gasteiger charge is -2.08. The zero-order valence-corrected chi connectivity index (χ0v) is 12.2. The summed E-state index contributed by atoms with van der Waals surface area (Å²) in [5.41, 5.74) is 0.572. The van der Waals surface area contributed by atoms with Gasteiger partial charge in [0.25, 0.3) is 15.6 Å². The fourth-order valence-corrected chi connectivity index (χ4v) is 2.88. The van der Waals surface area contributed by atoms with E-state index in [4.69, 9.17) is 16.9 Å². The van der Waals surface area contributed by atoms with Crippen LogP contribution in [0, 0.1) is 11.3 Å². The third-order valence-electron chi connectivity index (χ3n) is 2.63. The van der Waals surface area contributed by atoms with Crippen molar-refractivity contribution in [3.05, 3.63) is 57.5 Å². The van der Waals surface area contributed by atoms with Crippen LogP contribution in [0.1, 0.15) is 5.56 Å². The van der Waals surface area contributed by atoms with Gasteiger partial charge in [-0.05, 0) is 23.8 Å². The maximum atomic E-state index is 12.1. The van der Waals surface area contributed by atoms with E-state index in [9.17, 15) is 13.2 Å². The molecule has 0 radical (unpaired) electrons. The molecule has 0 atom stereocenters. The summed E-state index contributed by atoms with van der Waals surface area (Å²) >= 11 is 5.61. The summed E-state index contributed by atoms with van der Waals surface area (Å²) in [5.74, 6) is 0. The van der Waals surface area contributed by atoms with Crippen LogP contribution in [0.5, 0.6) is 0 Å². The summed E-state index contributed by atoms with van der Waals surface area (Å²) in [6.07, 6.45) is 1.32. The van der Waals surface area contributed by atoms with Crippen LogP contribution in [-0.4, -0.2) is 13.4 Å². The molecular formula is C13H10ClN3O3S. The summed E-state index contributed by atoms with van der Waals surface area (Å²) in [7, 11) is -3.85. The summed E-state index contributed by atoms with van der Waals surface area (Å²) in [5, 5.41) is 8.36. The second-order valence-corrected chi connectivity index (χ2v) is 6.24. The molecule has 6 nitrogen and oxygen atoms in total. The highest BCUT2D eigenvalue weighted by Gasteiger charge is 2.15. The molecule has 2 aromatic rings. The van der Waals surface area contributed by atoms with Gasteiger partial charge in [0.1, 0.15) is 9.92 Å². The normalized spacial score (nSPS) is 10.9. The maximum Gasteiger partial charge on any atom is 0.266 e. The number of pyridine rings is 1. The number of nitrogens with one attached hydrogen (secondary N) is 2. The van der Waals surface area contributed by atoms with Gasteiger partial charge in [-0.3, -0.25) is 9.52 Å². The van der Waals surface area contributed by atoms with E-state index < -0.39 is 15.6 Å². The quantitative estimate of drug-likeness (QED) is 0.896. The second kappa shape index (κ2) is 5.99. The molecule has 0 amide bonds. The number of aromatic amines is 1. The van der Waals surface area contributed by atoms with Gasteiger partial charge in [0.05, 0.1) is 12.5 Å². The lowest BCUT2D eigenvalue weighted by Crippen LogP contribution is -2.16. The SMILES string of the molecule is N#CCc1ccc(NS(=O)(=O)c2c[nH]c(=O)c(Cl)c2)cc1. The number of anilines is 1. The van der Waals surface area contributed by atoms with E-state index in [-0.39, 0.29) is 16.3 Å². The average Bonchev–Trinajstić information content (AvgIpc) is 2.44. The Morgan fingerprint density at radius 1 is 1.29 bits per heavy atom. The summed E-state index contributed by atoms with van der Waals surface area (Å²) in [6.45, 7) is 0. The minimum atomic E-state index is -3.85. The van der Waals surface area contributed by atoms with E-state index in [0.29, 0.717) is 5.69 Å². The number of benzene rings is 1. The first-order valence-corrected chi connectivity index (χ1v) is 7.65. The number of hydrogen-bond donors (Lipinski definition) is 2. The molecule has 0 aliphatic carbocycles. The Morgan fingerprint density at radius 3 is 2.52 bits per heavy atom. The maximum absolute atomic E-state index is 12.1. The fraction of sp³-hybridized carbons (Fsp3) is 0.0769. The van der Waals surface area contributed by atoms with E-state index in [1.807, 2.05) is 6.07 Å². The molecule has 1 aromatic heterocycles. The molecular weight excluding hydrogens is 314 g/mol. The minimum Gasteiger partial charge on any atom is -0.326 e. The molecule has 0 saturated heterocycles. The van der Waals surface area contributed by atoms with E-state index in [0.717, 1.165) is 17.8 Å². The van der Waals surface area contributed by atoms with Gasteiger partial charge in [0.2, 0.25) is 0 Å². The van der Waals surface area contributed by atoms with Crippen LogP contribution in [0.2, 0.25) is 5.02 Å². The van der Waals surface area contributed by atoms with Crippen LogP contribution < -0.4 is 10.3 Å². The smallest absolute Gasteiger partial charge is 0.266 e. The van der Waals surface area contributed by atoms with Gasteiger partial charge in [-0.25, -0.2) is 8.42 Å². The van der Waals surface area contributed by atoms with Gasteiger partial charge in [-0.15, -0.1) is 0 Å². The Labute approximate surface area is 126 Å². The Kier molecular flexibility index (Phi) is 4.31. The molecule has 0 saturated carbocycles. The molecule has 21 heavy (non-hydrogen) atoms. The van der Waals surface area contributed by atoms with Crippen LogP contribution in [0.15, 0.2) is 46.2 Å². The number of hydrogen-bond acceptors (Lipinski definition) is 4. The van der Waals surface area contributed by atoms with Gasteiger partial charge < -0.3 is 4.98 Å². The molecule has 0 unspecified atom stereocenters. The topological polar surface area (TPSA) is 103 Å². The first-order valence-electron chi connectivity index (χ1n) is 5.79. The molecule has 8 heteroatoms. The average molecular weight is 324 g/mol. The molecule has 2 N–H and O–H groups in total. The van der Waals surface area contributed by atoms with Crippen molar-refractivity contribution < 1.29 is 8.42 Å². The highest BCUT2D eigenvalue weighted by atomic mass is 35.5. The van der Waals surface area contributed by atoms with Crippen LogP contribution in [-0.2, 0) is 16.4 Å². The molecule has 0 aliphatic heterocycles. The molecule has 1 heterocycles. The van der Waals surface area contributed by atoms with Gasteiger partial charge in [0.15, 0.2) is 0 Å². The molecule has 0 spiro atoms. The van der Waals surface area contributed by atoms with Crippen molar-refractivity contribution in [2.45, 2.75) is 11.3 Å². The number of nitriles is 1. The zero-order chi connectivity index (χ0) is 15.5. The Hall–Kier alpha value is -2.30. The molecule has 108 valence electrons. The number of sulfonamides is 1. The number of aromatic nitrogens is 1. The van der Waals surface area contributed by atoms with Crippen molar-refractivity contribution in [1.82, 2.24) is 4.98 Å². The van der Waals surface area contributed by atoms with Crippen LogP contribution >= 0.6 is 11.6 Å². The number of rotatable bonds is 4. The number of nitrogens with zero attached hydrogens (tertiary/aromatic N) is 1. The Balaban J connectivity index is 2.26. The van der Waals surface area contributed by atoms with E-state index in [1.165, 1.54) is 0 Å². The Bertz CT molecular complexity index is 851. The lowest BCUT2D eigenvalue weighted by molar-refractivity contribution is 0.600. The first-order chi connectivity index (χ1) is 9.92. The van der Waals surface area contributed by atoms with E-state index >= 15 is 0 Å². The van der Waals surface area contributed by atoms with Crippen LogP contribution in [0.25, 0.3) is 0 Å². The van der Waals surface area contributed by atoms with Crippen molar-refractivity contribution >= 4 is 27.3 Å². The van der Waals surface area contributed by atoms with E-state index in [2.05, 4.69) is 9.71 Å². The molecule has 1 aromatic carbocycles. The second-order valence-electron chi connectivity index (χ2n) is 4.15. The predicted molar refractivity (Wildman–Crippen MR) is 78.6 cm³/mol. The standard InChI is InChI=1S/C13H10ClN3O3S/c14-12-7-11(8-16-13(12)18)21(19,20)17-10-3-1-9(2-4-10)5-6-15/h1-4,7-8,17H,5H2,(H,16,18). The molecule has 2 rings (SSSR count). The van der Waals surface area contributed by atoms with Crippen molar-refractivity contribution in [1.29, 1.82) is 5.26 Å². The number of H-pyrrole nitrogens is 1. The first kappa shape index (κ1) is 15.1. The van der Waals surface area contributed by atoms with Crippen molar-refractivity contribution in [2.75, 3.05) is 4.72 Å². The monoisotopic (exact) mass is 323 g/mol. The molecule has 0 aliphatic rings. The Morgan fingerprint density at radius 2 is 1.95 bits per heavy atom. The van der Waals surface area contributed by atoms with Crippen molar-refractivity contribution in [3.8, 4) is 6.07 Å². The van der Waals surface area contributed by atoms with Gasteiger partial charge >= 0.3 is 0 Å².